The first-order valence-corrected chi connectivity index (χ1v) is 8.29. The molecular formula is C18H24N4O2. The number of rotatable bonds is 7. The summed E-state index contributed by atoms with van der Waals surface area (Å²) in [6.07, 6.45) is 3.82. The zero-order chi connectivity index (χ0) is 16.9. The average molecular weight is 328 g/mol. The maximum absolute atomic E-state index is 5.96. The van der Waals surface area contributed by atoms with Crippen LogP contribution in [0.2, 0.25) is 0 Å². The van der Waals surface area contributed by atoms with Crippen molar-refractivity contribution in [3.05, 3.63) is 30.0 Å². The van der Waals surface area contributed by atoms with Crippen LogP contribution in [0.25, 0.3) is 0 Å². The minimum absolute atomic E-state index is 0.550. The van der Waals surface area contributed by atoms with Crippen molar-refractivity contribution in [3.63, 3.8) is 0 Å². The van der Waals surface area contributed by atoms with E-state index in [4.69, 9.17) is 9.47 Å². The maximum atomic E-state index is 5.96. The Labute approximate surface area is 142 Å². The topological polar surface area (TPSA) is 68.3 Å². The predicted molar refractivity (Wildman–Crippen MR) is 95.4 cm³/mol. The molecule has 0 spiro atoms. The zero-order valence-corrected chi connectivity index (χ0v) is 14.4. The molecule has 0 radical (unpaired) electrons. The van der Waals surface area contributed by atoms with Crippen LogP contribution in [0, 0.1) is 12.8 Å². The fourth-order valence-electron chi connectivity index (χ4n) is 2.62. The highest BCUT2D eigenvalue weighted by atomic mass is 16.5. The van der Waals surface area contributed by atoms with Gasteiger partial charge >= 0.3 is 0 Å². The smallest absolute Gasteiger partial charge is 0.229 e. The Balaban J connectivity index is 1.76. The largest absolute Gasteiger partial charge is 0.493 e. The number of hydrogen-bond donors (Lipinski definition) is 2. The van der Waals surface area contributed by atoms with Crippen LogP contribution in [-0.2, 0) is 0 Å². The molecule has 128 valence electrons. The van der Waals surface area contributed by atoms with Crippen LogP contribution in [0.5, 0.6) is 11.5 Å². The van der Waals surface area contributed by atoms with E-state index in [0.29, 0.717) is 11.9 Å². The number of methoxy groups -OCH3 is 1. The van der Waals surface area contributed by atoms with Gasteiger partial charge in [-0.1, -0.05) is 6.42 Å². The summed E-state index contributed by atoms with van der Waals surface area (Å²) in [6.45, 7) is 2.68. The Morgan fingerprint density at radius 2 is 2.00 bits per heavy atom. The summed E-state index contributed by atoms with van der Waals surface area (Å²) in [4.78, 5) is 8.82. The van der Waals surface area contributed by atoms with Gasteiger partial charge in [-0.15, -0.1) is 0 Å². The van der Waals surface area contributed by atoms with Crippen molar-refractivity contribution < 1.29 is 9.47 Å². The molecule has 0 unspecified atom stereocenters. The Morgan fingerprint density at radius 1 is 1.17 bits per heavy atom. The Kier molecular flexibility index (Phi) is 5.03. The lowest BCUT2D eigenvalue weighted by atomic mass is 9.86. The third-order valence-corrected chi connectivity index (χ3v) is 4.23. The van der Waals surface area contributed by atoms with Crippen LogP contribution < -0.4 is 20.1 Å². The first-order valence-electron chi connectivity index (χ1n) is 8.29. The van der Waals surface area contributed by atoms with Crippen LogP contribution in [-0.4, -0.2) is 30.7 Å². The Morgan fingerprint density at radius 3 is 2.67 bits per heavy atom. The molecule has 1 aromatic carbocycles. The third kappa shape index (κ3) is 3.88. The number of ether oxygens (including phenoxy) is 2. The van der Waals surface area contributed by atoms with Crippen LogP contribution in [0.15, 0.2) is 24.3 Å². The summed E-state index contributed by atoms with van der Waals surface area (Å²) < 4.78 is 11.4. The summed E-state index contributed by atoms with van der Waals surface area (Å²) in [7, 11) is 3.49. The lowest BCUT2D eigenvalue weighted by molar-refractivity contribution is 0.176. The van der Waals surface area contributed by atoms with Gasteiger partial charge in [-0.05, 0) is 37.8 Å². The molecule has 1 aromatic heterocycles. The molecular weight excluding hydrogens is 304 g/mol. The first kappa shape index (κ1) is 16.4. The summed E-state index contributed by atoms with van der Waals surface area (Å²) in [5.41, 5.74) is 1.76. The van der Waals surface area contributed by atoms with E-state index in [1.165, 1.54) is 19.3 Å². The standard InChI is InChI=1S/C18H24N4O2/c1-12-9-17(19-2)22-18(20-12)21-14-7-8-15(23-3)16(10-14)24-11-13-5-4-6-13/h7-10,13H,4-6,11H2,1-3H3,(H2,19,20,21,22). The lowest BCUT2D eigenvalue weighted by Gasteiger charge is -2.25. The third-order valence-electron chi connectivity index (χ3n) is 4.23. The van der Waals surface area contributed by atoms with Crippen molar-refractivity contribution in [1.29, 1.82) is 0 Å². The van der Waals surface area contributed by atoms with Gasteiger partial charge in [0.15, 0.2) is 11.5 Å². The number of benzene rings is 1. The van der Waals surface area contributed by atoms with Crippen LogP contribution in [0.3, 0.4) is 0 Å². The SMILES string of the molecule is CNc1cc(C)nc(Nc2ccc(OC)c(OCC3CCC3)c2)n1. The van der Waals surface area contributed by atoms with Gasteiger partial charge in [-0.2, -0.15) is 4.98 Å². The second-order valence-corrected chi connectivity index (χ2v) is 6.07. The van der Waals surface area contributed by atoms with Gasteiger partial charge in [0.1, 0.15) is 5.82 Å². The van der Waals surface area contributed by atoms with Crippen molar-refractivity contribution >= 4 is 17.5 Å². The molecule has 1 aliphatic rings. The molecule has 1 aliphatic carbocycles. The molecule has 1 fully saturated rings. The molecule has 0 atom stereocenters. The van der Waals surface area contributed by atoms with E-state index in [1.807, 2.05) is 38.2 Å². The van der Waals surface area contributed by atoms with E-state index in [9.17, 15) is 0 Å². The molecule has 2 N–H and O–H groups in total. The van der Waals surface area contributed by atoms with Crippen LogP contribution in [0.1, 0.15) is 25.0 Å². The Bertz CT molecular complexity index is 701. The molecule has 0 bridgehead atoms. The second kappa shape index (κ2) is 7.38. The van der Waals surface area contributed by atoms with E-state index in [1.54, 1.807) is 7.11 Å². The monoisotopic (exact) mass is 328 g/mol. The van der Waals surface area contributed by atoms with Crippen molar-refractivity contribution in [1.82, 2.24) is 9.97 Å². The van der Waals surface area contributed by atoms with Crippen molar-refractivity contribution in [2.24, 2.45) is 5.92 Å². The highest BCUT2D eigenvalue weighted by Crippen LogP contribution is 2.33. The molecule has 0 aliphatic heterocycles. The van der Waals surface area contributed by atoms with E-state index in [-0.39, 0.29) is 0 Å². The fraction of sp³-hybridized carbons (Fsp3) is 0.444. The van der Waals surface area contributed by atoms with Gasteiger partial charge in [-0.25, -0.2) is 4.98 Å². The van der Waals surface area contributed by atoms with Crippen molar-refractivity contribution in [2.75, 3.05) is 31.4 Å². The number of anilines is 3. The fourth-order valence-corrected chi connectivity index (χ4v) is 2.62. The van der Waals surface area contributed by atoms with E-state index in [0.717, 1.165) is 35.3 Å². The molecule has 0 saturated heterocycles. The summed E-state index contributed by atoms with van der Waals surface area (Å²) in [5.74, 6) is 3.48. The molecule has 6 heteroatoms. The van der Waals surface area contributed by atoms with E-state index >= 15 is 0 Å². The van der Waals surface area contributed by atoms with Gasteiger partial charge in [0.25, 0.3) is 0 Å². The molecule has 24 heavy (non-hydrogen) atoms. The number of aryl methyl sites for hydroxylation is 1. The van der Waals surface area contributed by atoms with Gasteiger partial charge in [0, 0.05) is 30.6 Å². The highest BCUT2D eigenvalue weighted by molar-refractivity contribution is 5.60. The first-order chi connectivity index (χ1) is 11.7. The molecule has 2 aromatic rings. The van der Waals surface area contributed by atoms with E-state index < -0.39 is 0 Å². The quantitative estimate of drug-likeness (QED) is 0.806. The van der Waals surface area contributed by atoms with Gasteiger partial charge in [0.05, 0.1) is 13.7 Å². The number of nitrogens with one attached hydrogen (secondary N) is 2. The second-order valence-electron chi connectivity index (χ2n) is 6.07. The predicted octanol–water partition coefficient (Wildman–Crippen LogP) is 3.76. The van der Waals surface area contributed by atoms with E-state index in [2.05, 4.69) is 20.6 Å². The number of aromatic nitrogens is 2. The highest BCUT2D eigenvalue weighted by Gasteiger charge is 2.19. The van der Waals surface area contributed by atoms with Crippen molar-refractivity contribution in [3.8, 4) is 11.5 Å². The molecule has 1 saturated carbocycles. The molecule has 0 amide bonds. The van der Waals surface area contributed by atoms with Gasteiger partial charge in [-0.3, -0.25) is 0 Å². The molecule has 6 nitrogen and oxygen atoms in total. The molecule has 3 rings (SSSR count). The lowest BCUT2D eigenvalue weighted by Crippen LogP contribution is -2.19. The maximum Gasteiger partial charge on any atom is 0.229 e. The number of nitrogens with zero attached hydrogens (tertiary/aromatic N) is 2. The zero-order valence-electron chi connectivity index (χ0n) is 14.4. The van der Waals surface area contributed by atoms with Crippen LogP contribution >= 0.6 is 0 Å². The molecule has 1 heterocycles. The van der Waals surface area contributed by atoms with Gasteiger partial charge < -0.3 is 20.1 Å². The van der Waals surface area contributed by atoms with Gasteiger partial charge in [0.2, 0.25) is 5.95 Å². The normalized spacial score (nSPS) is 14.0. The van der Waals surface area contributed by atoms with Crippen molar-refractivity contribution in [2.45, 2.75) is 26.2 Å². The summed E-state index contributed by atoms with van der Waals surface area (Å²) in [5, 5.41) is 6.26. The minimum atomic E-state index is 0.550. The summed E-state index contributed by atoms with van der Waals surface area (Å²) >= 11 is 0. The Hall–Kier alpha value is -2.50. The summed E-state index contributed by atoms with van der Waals surface area (Å²) in [6, 6.07) is 7.65. The number of hydrogen-bond acceptors (Lipinski definition) is 6. The average Bonchev–Trinajstić information content (AvgIpc) is 2.53. The minimum Gasteiger partial charge on any atom is -0.493 e. The van der Waals surface area contributed by atoms with Crippen LogP contribution in [0.4, 0.5) is 17.5 Å².